The number of hydrogen-bond acceptors (Lipinski definition) is 5. The Kier molecular flexibility index (Phi) is 4.49. The van der Waals surface area contributed by atoms with Gasteiger partial charge in [0.05, 0.1) is 5.69 Å². The summed E-state index contributed by atoms with van der Waals surface area (Å²) in [6, 6.07) is 11.6. The Bertz CT molecular complexity index is 1100. The van der Waals surface area contributed by atoms with E-state index in [1.54, 1.807) is 16.9 Å². The third-order valence-electron chi connectivity index (χ3n) is 4.37. The van der Waals surface area contributed by atoms with Crippen LogP contribution in [0.3, 0.4) is 0 Å². The molecule has 7 heteroatoms. The van der Waals surface area contributed by atoms with E-state index >= 15 is 0 Å². The highest BCUT2D eigenvalue weighted by Crippen LogP contribution is 2.28. The van der Waals surface area contributed by atoms with Crippen molar-refractivity contribution in [2.45, 2.75) is 26.7 Å². The molecule has 0 unspecified atom stereocenters. The molecule has 3 heterocycles. The summed E-state index contributed by atoms with van der Waals surface area (Å²) in [7, 11) is 0. The number of benzene rings is 1. The van der Waals surface area contributed by atoms with Gasteiger partial charge in [-0.15, -0.1) is 5.10 Å². The van der Waals surface area contributed by atoms with E-state index in [9.17, 15) is 0 Å². The summed E-state index contributed by atoms with van der Waals surface area (Å²) < 4.78 is 1.72. The van der Waals surface area contributed by atoms with Crippen molar-refractivity contribution in [2.75, 3.05) is 5.32 Å². The van der Waals surface area contributed by atoms with E-state index in [1.807, 2.05) is 43.3 Å². The van der Waals surface area contributed by atoms with Crippen LogP contribution >= 0.6 is 11.6 Å². The first kappa shape index (κ1) is 17.4. The van der Waals surface area contributed by atoms with Crippen LogP contribution in [0.5, 0.6) is 0 Å². The van der Waals surface area contributed by atoms with Gasteiger partial charge in [0, 0.05) is 34.7 Å². The highest BCUT2D eigenvalue weighted by atomic mass is 35.5. The van der Waals surface area contributed by atoms with Crippen LogP contribution in [0.25, 0.3) is 17.2 Å². The Morgan fingerprint density at radius 2 is 1.96 bits per heavy atom. The predicted molar refractivity (Wildman–Crippen MR) is 108 cm³/mol. The lowest BCUT2D eigenvalue weighted by Crippen LogP contribution is -2.06. The minimum Gasteiger partial charge on any atom is -0.340 e. The fourth-order valence-corrected chi connectivity index (χ4v) is 2.94. The maximum absolute atomic E-state index is 6.27. The maximum atomic E-state index is 6.27. The van der Waals surface area contributed by atoms with Gasteiger partial charge in [-0.1, -0.05) is 31.5 Å². The monoisotopic (exact) mass is 378 g/mol. The van der Waals surface area contributed by atoms with Gasteiger partial charge >= 0.3 is 0 Å². The Labute approximate surface area is 162 Å². The molecular weight excluding hydrogens is 360 g/mol. The number of rotatable bonds is 4. The number of aromatic nitrogens is 5. The molecular formula is C20H19ClN6. The van der Waals surface area contributed by atoms with Crippen molar-refractivity contribution < 1.29 is 0 Å². The lowest BCUT2D eigenvalue weighted by atomic mass is 10.1. The van der Waals surface area contributed by atoms with Crippen LogP contribution in [0.15, 0.2) is 48.8 Å². The summed E-state index contributed by atoms with van der Waals surface area (Å²) >= 11 is 6.27. The maximum Gasteiger partial charge on any atom is 0.254 e. The number of nitrogens with zero attached hydrogens (tertiary/aromatic N) is 5. The molecule has 0 amide bonds. The van der Waals surface area contributed by atoms with Crippen LogP contribution < -0.4 is 5.32 Å². The molecule has 1 N–H and O–H groups in total. The molecule has 6 nitrogen and oxygen atoms in total. The van der Waals surface area contributed by atoms with Gasteiger partial charge in [0.1, 0.15) is 5.82 Å². The number of fused-ring (bicyclic) bond motifs is 1. The zero-order chi connectivity index (χ0) is 19.0. The topological polar surface area (TPSA) is 68.0 Å². The van der Waals surface area contributed by atoms with Gasteiger partial charge in [0.25, 0.3) is 5.78 Å². The number of hydrogen-bond donors (Lipinski definition) is 1. The zero-order valence-corrected chi connectivity index (χ0v) is 16.1. The van der Waals surface area contributed by atoms with Gasteiger partial charge in [-0.25, -0.2) is 4.98 Å². The summed E-state index contributed by atoms with van der Waals surface area (Å²) in [6.45, 7) is 6.19. The molecule has 0 bridgehead atoms. The molecule has 1 aromatic carbocycles. The molecule has 4 rings (SSSR count). The summed E-state index contributed by atoms with van der Waals surface area (Å²) in [4.78, 5) is 13.4. The second-order valence-electron chi connectivity index (χ2n) is 6.65. The average Bonchev–Trinajstić information content (AvgIpc) is 3.10. The summed E-state index contributed by atoms with van der Waals surface area (Å²) in [5.41, 5.74) is 3.68. The highest BCUT2D eigenvalue weighted by molar-refractivity contribution is 6.31. The van der Waals surface area contributed by atoms with Gasteiger partial charge in [0.2, 0.25) is 0 Å². The normalized spacial score (nSPS) is 11.3. The minimum absolute atomic E-state index is 0.259. The van der Waals surface area contributed by atoms with Crippen molar-refractivity contribution in [3.05, 3.63) is 65.1 Å². The first-order chi connectivity index (χ1) is 13.0. The molecule has 0 aliphatic heterocycles. The van der Waals surface area contributed by atoms with E-state index in [2.05, 4.69) is 39.2 Å². The Morgan fingerprint density at radius 3 is 2.70 bits per heavy atom. The fraction of sp³-hybridized carbons (Fsp3) is 0.200. The first-order valence-electron chi connectivity index (χ1n) is 8.73. The SMILES string of the molecule is Cc1c(Cl)cccc1Nc1cc(C(C)C)nc2nc(-c3cccnc3)nn12. The third kappa shape index (κ3) is 3.36. The van der Waals surface area contributed by atoms with Gasteiger partial charge in [-0.3, -0.25) is 4.98 Å². The van der Waals surface area contributed by atoms with Crippen molar-refractivity contribution in [3.63, 3.8) is 0 Å². The number of nitrogens with one attached hydrogen (secondary N) is 1. The summed E-state index contributed by atoms with van der Waals surface area (Å²) in [6.07, 6.45) is 3.47. The average molecular weight is 379 g/mol. The summed E-state index contributed by atoms with van der Waals surface area (Å²) in [5.74, 6) is 2.18. The molecule has 4 aromatic rings. The standard InChI is InChI=1S/C20H19ClN6/c1-12(2)17-10-18(23-16-8-4-7-15(21)13(16)3)27-20(24-17)25-19(26-27)14-6-5-9-22-11-14/h4-12,23H,1-3H3. The van der Waals surface area contributed by atoms with Crippen LogP contribution in [0.4, 0.5) is 11.5 Å². The van der Waals surface area contributed by atoms with Crippen LogP contribution in [0.2, 0.25) is 5.02 Å². The lowest BCUT2D eigenvalue weighted by molar-refractivity contribution is 0.809. The summed E-state index contributed by atoms with van der Waals surface area (Å²) in [5, 5.41) is 8.79. The van der Waals surface area contributed by atoms with Gasteiger partial charge in [0.15, 0.2) is 5.82 Å². The third-order valence-corrected chi connectivity index (χ3v) is 4.78. The first-order valence-corrected chi connectivity index (χ1v) is 9.11. The molecule has 0 fully saturated rings. The zero-order valence-electron chi connectivity index (χ0n) is 15.3. The van der Waals surface area contributed by atoms with Crippen LogP contribution in [-0.4, -0.2) is 24.6 Å². The van der Waals surface area contributed by atoms with E-state index in [0.29, 0.717) is 16.6 Å². The quantitative estimate of drug-likeness (QED) is 0.540. The lowest BCUT2D eigenvalue weighted by Gasteiger charge is -2.13. The molecule has 0 saturated heterocycles. The second-order valence-corrected chi connectivity index (χ2v) is 7.05. The minimum atomic E-state index is 0.259. The number of pyridine rings is 1. The van der Waals surface area contributed by atoms with Crippen molar-refractivity contribution in [1.82, 2.24) is 24.6 Å². The van der Waals surface area contributed by atoms with Crippen molar-refractivity contribution in [3.8, 4) is 11.4 Å². The smallest absolute Gasteiger partial charge is 0.254 e. The van der Waals surface area contributed by atoms with Crippen LogP contribution in [0.1, 0.15) is 31.0 Å². The van der Waals surface area contributed by atoms with Crippen molar-refractivity contribution >= 4 is 28.9 Å². The van der Waals surface area contributed by atoms with Crippen molar-refractivity contribution in [1.29, 1.82) is 0 Å². The molecule has 27 heavy (non-hydrogen) atoms. The van der Waals surface area contributed by atoms with Gasteiger partial charge in [-0.2, -0.15) is 9.50 Å². The highest BCUT2D eigenvalue weighted by Gasteiger charge is 2.15. The molecule has 0 saturated carbocycles. The van der Waals surface area contributed by atoms with Gasteiger partial charge in [-0.05, 0) is 42.7 Å². The van der Waals surface area contributed by atoms with Crippen molar-refractivity contribution in [2.24, 2.45) is 0 Å². The largest absolute Gasteiger partial charge is 0.340 e. The van der Waals surface area contributed by atoms with E-state index in [-0.39, 0.29) is 5.92 Å². The van der Waals surface area contributed by atoms with E-state index in [0.717, 1.165) is 28.3 Å². The van der Waals surface area contributed by atoms with Crippen LogP contribution in [0, 0.1) is 6.92 Å². The number of anilines is 2. The predicted octanol–water partition coefficient (Wildman–Crippen LogP) is 5.02. The molecule has 136 valence electrons. The second kappa shape index (κ2) is 6.96. The molecule has 0 aliphatic rings. The Balaban J connectivity index is 1.87. The molecule has 3 aromatic heterocycles. The molecule has 0 aliphatic carbocycles. The molecule has 0 spiro atoms. The molecule has 0 radical (unpaired) electrons. The van der Waals surface area contributed by atoms with Gasteiger partial charge < -0.3 is 5.32 Å². The molecule has 0 atom stereocenters. The number of halogens is 1. The Hall–Kier alpha value is -2.99. The van der Waals surface area contributed by atoms with E-state index in [4.69, 9.17) is 11.6 Å². The van der Waals surface area contributed by atoms with E-state index < -0.39 is 0 Å². The Morgan fingerprint density at radius 1 is 1.11 bits per heavy atom. The van der Waals surface area contributed by atoms with E-state index in [1.165, 1.54) is 0 Å². The van der Waals surface area contributed by atoms with Crippen LogP contribution in [-0.2, 0) is 0 Å². The fourth-order valence-electron chi connectivity index (χ4n) is 2.77.